The second kappa shape index (κ2) is 9.51. The van der Waals surface area contributed by atoms with Crippen LogP contribution in [0.15, 0.2) is 36.2 Å². The molecule has 1 saturated carbocycles. The van der Waals surface area contributed by atoms with E-state index in [1.54, 1.807) is 9.80 Å². The summed E-state index contributed by atoms with van der Waals surface area (Å²) < 4.78 is 0. The summed E-state index contributed by atoms with van der Waals surface area (Å²) in [5, 5.41) is 11.9. The molecule has 0 aromatic carbocycles. The molecule has 1 spiro atoms. The molecule has 1 aromatic heterocycles. The van der Waals surface area contributed by atoms with E-state index in [1.807, 2.05) is 13.0 Å². The van der Waals surface area contributed by atoms with Gasteiger partial charge in [0.1, 0.15) is 12.6 Å². The zero-order valence-corrected chi connectivity index (χ0v) is 18.6. The molecule has 2 heterocycles. The highest BCUT2D eigenvalue weighted by Crippen LogP contribution is 2.44. The molecule has 3 amide bonds. The van der Waals surface area contributed by atoms with E-state index in [-0.39, 0.29) is 29.8 Å². The van der Waals surface area contributed by atoms with Crippen molar-refractivity contribution in [3.05, 3.63) is 42.0 Å². The van der Waals surface area contributed by atoms with E-state index < -0.39 is 0 Å². The molecule has 168 valence electrons. The van der Waals surface area contributed by atoms with Gasteiger partial charge in [-0.1, -0.05) is 25.2 Å². The first-order valence-electron chi connectivity index (χ1n) is 11.5. The first kappa shape index (κ1) is 22.0. The lowest BCUT2D eigenvalue weighted by molar-refractivity contribution is -0.122. The standard InChI is InChI=1S/C24H30N6O2/c1-2-12-26-22(31)16-30-23(32)29(20-14-27-21(13-25)28-15-20)17-24(30)10-8-19(9-11-24)18-6-4-3-5-7-18/h4,6-7,14-15,19H,2-3,5,8-12,16-17H2,1H3,(H,26,31). The average molecular weight is 435 g/mol. The molecule has 8 heteroatoms. The highest BCUT2D eigenvalue weighted by Gasteiger charge is 2.52. The van der Waals surface area contributed by atoms with Gasteiger partial charge in [-0.2, -0.15) is 5.26 Å². The molecule has 8 nitrogen and oxygen atoms in total. The number of anilines is 1. The number of urea groups is 1. The highest BCUT2D eigenvalue weighted by atomic mass is 16.2. The summed E-state index contributed by atoms with van der Waals surface area (Å²) in [6.07, 6.45) is 16.6. The van der Waals surface area contributed by atoms with E-state index in [0.717, 1.165) is 44.9 Å². The van der Waals surface area contributed by atoms with Crippen LogP contribution in [0.3, 0.4) is 0 Å². The Morgan fingerprint density at radius 3 is 2.66 bits per heavy atom. The Morgan fingerprint density at radius 1 is 1.28 bits per heavy atom. The number of rotatable bonds is 6. The topological polar surface area (TPSA) is 102 Å². The predicted octanol–water partition coefficient (Wildman–Crippen LogP) is 3.32. The zero-order valence-electron chi connectivity index (χ0n) is 18.6. The molecule has 0 radical (unpaired) electrons. The summed E-state index contributed by atoms with van der Waals surface area (Å²) in [7, 11) is 0. The molecule has 0 unspecified atom stereocenters. The Balaban J connectivity index is 1.55. The minimum absolute atomic E-state index is 0.0553. The molecule has 1 saturated heterocycles. The van der Waals surface area contributed by atoms with Crippen molar-refractivity contribution < 1.29 is 9.59 Å². The maximum Gasteiger partial charge on any atom is 0.325 e. The summed E-state index contributed by atoms with van der Waals surface area (Å²) in [5.41, 5.74) is 1.59. The first-order chi connectivity index (χ1) is 15.6. The van der Waals surface area contributed by atoms with Crippen LogP contribution in [-0.4, -0.2) is 52.0 Å². The summed E-state index contributed by atoms with van der Waals surface area (Å²) in [6.45, 7) is 3.16. The van der Waals surface area contributed by atoms with Crippen molar-refractivity contribution >= 4 is 17.6 Å². The van der Waals surface area contributed by atoms with Crippen LogP contribution in [0.5, 0.6) is 0 Å². The van der Waals surface area contributed by atoms with Gasteiger partial charge in [-0.3, -0.25) is 9.69 Å². The van der Waals surface area contributed by atoms with Gasteiger partial charge in [0.05, 0.1) is 30.2 Å². The Morgan fingerprint density at radius 2 is 2.03 bits per heavy atom. The maximum absolute atomic E-state index is 13.5. The predicted molar refractivity (Wildman–Crippen MR) is 121 cm³/mol. The number of carbonyl (C=O) groups is 2. The van der Waals surface area contributed by atoms with Gasteiger partial charge in [0.2, 0.25) is 11.7 Å². The number of hydrogen-bond acceptors (Lipinski definition) is 5. The molecule has 1 N–H and O–H groups in total. The Bertz CT molecular complexity index is 954. The molecule has 0 atom stereocenters. The fourth-order valence-corrected chi connectivity index (χ4v) is 5.07. The van der Waals surface area contributed by atoms with E-state index >= 15 is 0 Å². The Labute approximate surface area is 189 Å². The van der Waals surface area contributed by atoms with Crippen LogP contribution in [0.4, 0.5) is 10.5 Å². The van der Waals surface area contributed by atoms with Gasteiger partial charge in [0, 0.05) is 6.54 Å². The van der Waals surface area contributed by atoms with Crippen LogP contribution in [0.25, 0.3) is 0 Å². The molecule has 1 aromatic rings. The smallest absolute Gasteiger partial charge is 0.325 e. The Hall–Kier alpha value is -3.21. The van der Waals surface area contributed by atoms with Crippen molar-refractivity contribution in [1.82, 2.24) is 20.2 Å². The largest absolute Gasteiger partial charge is 0.355 e. The van der Waals surface area contributed by atoms with Gasteiger partial charge in [0.25, 0.3) is 0 Å². The summed E-state index contributed by atoms with van der Waals surface area (Å²) in [5.74, 6) is 0.452. The molecule has 0 bridgehead atoms. The number of nitrogens with one attached hydrogen (secondary N) is 1. The van der Waals surface area contributed by atoms with Crippen molar-refractivity contribution in [2.24, 2.45) is 5.92 Å². The van der Waals surface area contributed by atoms with Crippen LogP contribution >= 0.6 is 0 Å². The van der Waals surface area contributed by atoms with Crippen LogP contribution in [-0.2, 0) is 4.79 Å². The molecule has 2 fully saturated rings. The van der Waals surface area contributed by atoms with Crippen molar-refractivity contribution in [3.8, 4) is 6.07 Å². The monoisotopic (exact) mass is 434 g/mol. The van der Waals surface area contributed by atoms with Crippen molar-refractivity contribution in [2.45, 2.75) is 57.4 Å². The summed E-state index contributed by atoms with van der Waals surface area (Å²) >= 11 is 0. The van der Waals surface area contributed by atoms with Gasteiger partial charge in [0.15, 0.2) is 0 Å². The molecule has 2 aliphatic carbocycles. The third kappa shape index (κ3) is 4.38. The maximum atomic E-state index is 13.5. The number of amides is 3. The normalized spacial score (nSPS) is 25.1. The number of nitrogens with zero attached hydrogens (tertiary/aromatic N) is 5. The molecule has 1 aliphatic heterocycles. The lowest BCUT2D eigenvalue weighted by Gasteiger charge is -2.42. The summed E-state index contributed by atoms with van der Waals surface area (Å²) in [4.78, 5) is 37.5. The van der Waals surface area contributed by atoms with Crippen LogP contribution in [0.1, 0.15) is 57.7 Å². The van der Waals surface area contributed by atoms with E-state index in [0.29, 0.717) is 24.7 Å². The lowest BCUT2D eigenvalue weighted by atomic mass is 9.72. The van der Waals surface area contributed by atoms with Gasteiger partial charge in [-0.05, 0) is 56.4 Å². The van der Waals surface area contributed by atoms with Gasteiger partial charge < -0.3 is 10.2 Å². The van der Waals surface area contributed by atoms with E-state index in [2.05, 4.69) is 33.5 Å². The van der Waals surface area contributed by atoms with E-state index in [1.165, 1.54) is 18.0 Å². The fourth-order valence-electron chi connectivity index (χ4n) is 5.07. The van der Waals surface area contributed by atoms with Crippen LogP contribution < -0.4 is 10.2 Å². The molecule has 3 aliphatic rings. The SMILES string of the molecule is CCCNC(=O)CN1C(=O)N(c2cnc(C#N)nc2)CC12CCC(C1=CCCC=C1)CC2. The third-order valence-electron chi connectivity index (χ3n) is 6.82. The van der Waals surface area contributed by atoms with Crippen molar-refractivity contribution in [1.29, 1.82) is 5.26 Å². The van der Waals surface area contributed by atoms with Gasteiger partial charge in [-0.25, -0.2) is 14.8 Å². The van der Waals surface area contributed by atoms with Crippen molar-refractivity contribution in [3.63, 3.8) is 0 Å². The average Bonchev–Trinajstić information content (AvgIpc) is 3.10. The second-order valence-electron chi connectivity index (χ2n) is 8.86. The van der Waals surface area contributed by atoms with E-state index in [9.17, 15) is 9.59 Å². The number of hydrogen-bond donors (Lipinski definition) is 1. The minimum Gasteiger partial charge on any atom is -0.355 e. The van der Waals surface area contributed by atoms with Crippen LogP contribution in [0, 0.1) is 17.2 Å². The number of nitriles is 1. The number of allylic oxidation sites excluding steroid dienone is 4. The zero-order chi connectivity index (χ0) is 22.6. The fraction of sp³-hybridized carbons (Fsp3) is 0.542. The minimum atomic E-state index is -0.385. The first-order valence-corrected chi connectivity index (χ1v) is 11.5. The van der Waals surface area contributed by atoms with Gasteiger partial charge >= 0.3 is 6.03 Å². The third-order valence-corrected chi connectivity index (χ3v) is 6.82. The molecule has 4 rings (SSSR count). The highest BCUT2D eigenvalue weighted by molar-refractivity contribution is 5.97. The molecular weight excluding hydrogens is 404 g/mol. The molecule has 32 heavy (non-hydrogen) atoms. The number of carbonyl (C=O) groups excluding carboxylic acids is 2. The van der Waals surface area contributed by atoms with Crippen molar-refractivity contribution in [2.75, 3.05) is 24.5 Å². The Kier molecular flexibility index (Phi) is 6.54. The second-order valence-corrected chi connectivity index (χ2v) is 8.86. The molecular formula is C24H30N6O2. The lowest BCUT2D eigenvalue weighted by Crippen LogP contribution is -2.53. The van der Waals surface area contributed by atoms with Gasteiger partial charge in [-0.15, -0.1) is 0 Å². The quantitative estimate of drug-likeness (QED) is 0.740. The summed E-state index contributed by atoms with van der Waals surface area (Å²) in [6, 6.07) is 1.71. The van der Waals surface area contributed by atoms with E-state index in [4.69, 9.17) is 5.26 Å². The number of aromatic nitrogens is 2. The van der Waals surface area contributed by atoms with Crippen LogP contribution in [0.2, 0.25) is 0 Å².